The summed E-state index contributed by atoms with van der Waals surface area (Å²) in [4.78, 5) is 12.4. The number of ether oxygens (including phenoxy) is 2. The lowest BCUT2D eigenvalue weighted by Gasteiger charge is -2.09. The second-order valence-electron chi connectivity index (χ2n) is 6.06. The van der Waals surface area contributed by atoms with Crippen molar-refractivity contribution in [1.82, 2.24) is 5.16 Å². The molecule has 1 heterocycles. The molecule has 8 nitrogen and oxygen atoms in total. The van der Waals surface area contributed by atoms with E-state index >= 15 is 0 Å². The molecule has 0 aliphatic carbocycles. The Bertz CT molecular complexity index is 1160. The largest absolute Gasteiger partial charge is 0.490 e. The fourth-order valence-electron chi connectivity index (χ4n) is 2.60. The van der Waals surface area contributed by atoms with Crippen LogP contribution < -0.4 is 9.88 Å². The predicted molar refractivity (Wildman–Crippen MR) is 105 cm³/mol. The maximum Gasteiger partial charge on any atom is 0.344 e. The third-order valence-corrected chi connectivity index (χ3v) is 5.25. The third-order valence-electron chi connectivity index (χ3n) is 4.00. The van der Waals surface area contributed by atoms with E-state index in [0.29, 0.717) is 5.75 Å². The molecule has 1 aromatic heterocycles. The first-order valence-electron chi connectivity index (χ1n) is 8.52. The quantitative estimate of drug-likeness (QED) is 0.429. The van der Waals surface area contributed by atoms with Crippen LogP contribution in [0.25, 0.3) is 11.3 Å². The molecule has 3 rings (SSSR count). The van der Waals surface area contributed by atoms with Gasteiger partial charge in [-0.05, 0) is 43.3 Å². The molecule has 0 amide bonds. The van der Waals surface area contributed by atoms with Gasteiger partial charge in [0, 0.05) is 0 Å². The Hall–Kier alpha value is -2.95. The Balaban J connectivity index is 1.64. The molecule has 11 heteroatoms. The number of hydrogen-bond donors (Lipinski definition) is 1. The number of esters is 1. The number of primary sulfonamides is 1. The molecule has 0 aliphatic rings. The summed E-state index contributed by atoms with van der Waals surface area (Å²) in [6.45, 7) is 1.34. The summed E-state index contributed by atoms with van der Waals surface area (Å²) in [5.41, 5.74) is -0.159. The minimum absolute atomic E-state index is 0.0133. The Morgan fingerprint density at radius 3 is 2.53 bits per heavy atom. The zero-order valence-corrected chi connectivity index (χ0v) is 17.2. The van der Waals surface area contributed by atoms with E-state index in [-0.39, 0.29) is 45.7 Å². The molecule has 0 saturated heterocycles. The summed E-state index contributed by atoms with van der Waals surface area (Å²) < 4.78 is 52.2. The molecule has 0 fully saturated rings. The van der Waals surface area contributed by atoms with Crippen molar-refractivity contribution in [2.45, 2.75) is 11.8 Å². The highest BCUT2D eigenvalue weighted by molar-refractivity contribution is 7.89. The van der Waals surface area contributed by atoms with Crippen LogP contribution in [0.1, 0.15) is 16.1 Å². The highest BCUT2D eigenvalue weighted by Crippen LogP contribution is 2.33. The minimum atomic E-state index is -3.79. The van der Waals surface area contributed by atoms with E-state index in [1.54, 1.807) is 0 Å². The fourth-order valence-corrected chi connectivity index (χ4v) is 3.37. The van der Waals surface area contributed by atoms with Gasteiger partial charge in [0.25, 0.3) is 0 Å². The number of aryl methyl sites for hydroxylation is 1. The second kappa shape index (κ2) is 8.82. The minimum Gasteiger partial charge on any atom is -0.490 e. The van der Waals surface area contributed by atoms with E-state index in [1.165, 1.54) is 49.4 Å². The number of nitrogens with zero attached hydrogens (tertiary/aromatic N) is 1. The van der Waals surface area contributed by atoms with Crippen molar-refractivity contribution in [2.75, 3.05) is 13.2 Å². The molecule has 30 heavy (non-hydrogen) atoms. The van der Waals surface area contributed by atoms with Gasteiger partial charge in [-0.25, -0.2) is 22.7 Å². The van der Waals surface area contributed by atoms with E-state index in [9.17, 15) is 17.6 Å². The van der Waals surface area contributed by atoms with Gasteiger partial charge >= 0.3 is 5.97 Å². The summed E-state index contributed by atoms with van der Waals surface area (Å²) in [5, 5.41) is 8.84. The van der Waals surface area contributed by atoms with Crippen molar-refractivity contribution in [3.8, 4) is 17.0 Å². The standard InChI is InChI=1S/C19H16ClFN2O6S/c1-11-16(18(23-29-11)17-14(20)3-2-4-15(17)21)19(24)28-10-9-27-12-5-7-13(8-6-12)30(22,25)26/h2-8H,9-10H2,1H3,(H2,22,25,26). The van der Waals surface area contributed by atoms with Crippen molar-refractivity contribution >= 4 is 27.6 Å². The van der Waals surface area contributed by atoms with E-state index in [1.807, 2.05) is 0 Å². The van der Waals surface area contributed by atoms with Gasteiger partial charge in [-0.1, -0.05) is 22.8 Å². The van der Waals surface area contributed by atoms with E-state index in [4.69, 9.17) is 30.7 Å². The number of sulfonamides is 1. The molecule has 0 aliphatic heterocycles. The van der Waals surface area contributed by atoms with Gasteiger partial charge in [-0.15, -0.1) is 0 Å². The van der Waals surface area contributed by atoms with Crippen LogP contribution in [0.4, 0.5) is 4.39 Å². The molecule has 2 aromatic carbocycles. The maximum absolute atomic E-state index is 14.2. The number of hydrogen-bond acceptors (Lipinski definition) is 7. The zero-order valence-electron chi connectivity index (χ0n) is 15.6. The van der Waals surface area contributed by atoms with Gasteiger partial charge in [0.2, 0.25) is 10.0 Å². The Morgan fingerprint density at radius 2 is 1.90 bits per heavy atom. The van der Waals surface area contributed by atoms with E-state index in [0.717, 1.165) is 0 Å². The van der Waals surface area contributed by atoms with Crippen LogP contribution in [-0.4, -0.2) is 32.8 Å². The molecule has 3 aromatic rings. The Kier molecular flexibility index (Phi) is 6.40. The summed E-state index contributed by atoms with van der Waals surface area (Å²) >= 11 is 6.04. The van der Waals surface area contributed by atoms with Crippen molar-refractivity contribution < 1.29 is 31.6 Å². The van der Waals surface area contributed by atoms with E-state index in [2.05, 4.69) is 5.16 Å². The van der Waals surface area contributed by atoms with Gasteiger partial charge in [0.15, 0.2) is 0 Å². The lowest BCUT2D eigenvalue weighted by Crippen LogP contribution is -2.14. The number of benzene rings is 2. The first kappa shape index (κ1) is 21.8. The zero-order chi connectivity index (χ0) is 21.9. The van der Waals surface area contributed by atoms with Crippen LogP contribution in [0, 0.1) is 12.7 Å². The number of carbonyl (C=O) groups is 1. The molecular weight excluding hydrogens is 439 g/mol. The topological polar surface area (TPSA) is 122 Å². The molecule has 0 unspecified atom stereocenters. The van der Waals surface area contributed by atoms with Gasteiger partial charge in [0.1, 0.15) is 41.8 Å². The van der Waals surface area contributed by atoms with Crippen LogP contribution in [0.2, 0.25) is 5.02 Å². The van der Waals surface area contributed by atoms with Gasteiger partial charge in [-0.3, -0.25) is 0 Å². The fraction of sp³-hybridized carbons (Fsp3) is 0.158. The van der Waals surface area contributed by atoms with Crippen LogP contribution >= 0.6 is 11.6 Å². The van der Waals surface area contributed by atoms with Crippen molar-refractivity contribution in [1.29, 1.82) is 0 Å². The second-order valence-corrected chi connectivity index (χ2v) is 8.03. The van der Waals surface area contributed by atoms with Gasteiger partial charge < -0.3 is 14.0 Å². The lowest BCUT2D eigenvalue weighted by molar-refractivity contribution is 0.0449. The number of aromatic nitrogens is 1. The molecule has 2 N–H and O–H groups in total. The van der Waals surface area contributed by atoms with Crippen LogP contribution in [-0.2, 0) is 14.8 Å². The first-order chi connectivity index (χ1) is 14.2. The summed E-state index contributed by atoms with van der Waals surface area (Å²) in [6, 6.07) is 9.51. The smallest absolute Gasteiger partial charge is 0.344 e. The third kappa shape index (κ3) is 4.78. The van der Waals surface area contributed by atoms with Crippen molar-refractivity contribution in [3.05, 3.63) is 64.6 Å². The Labute approximate surface area is 176 Å². The number of rotatable bonds is 7. The average Bonchev–Trinajstić information content (AvgIpc) is 3.06. The average molecular weight is 455 g/mol. The number of nitrogens with two attached hydrogens (primary N) is 1. The normalized spacial score (nSPS) is 11.3. The first-order valence-corrected chi connectivity index (χ1v) is 10.4. The Morgan fingerprint density at radius 1 is 1.20 bits per heavy atom. The highest BCUT2D eigenvalue weighted by Gasteiger charge is 2.26. The van der Waals surface area contributed by atoms with Gasteiger partial charge in [0.05, 0.1) is 15.5 Å². The molecule has 0 radical (unpaired) electrons. The molecule has 0 bridgehead atoms. The predicted octanol–water partition coefficient (Wildman–Crippen LogP) is 3.33. The van der Waals surface area contributed by atoms with Crippen LogP contribution in [0.15, 0.2) is 51.9 Å². The lowest BCUT2D eigenvalue weighted by atomic mass is 10.1. The molecule has 0 spiro atoms. The molecule has 0 saturated carbocycles. The maximum atomic E-state index is 14.2. The van der Waals surface area contributed by atoms with E-state index < -0.39 is 21.8 Å². The van der Waals surface area contributed by atoms with Crippen molar-refractivity contribution in [2.24, 2.45) is 5.14 Å². The highest BCUT2D eigenvalue weighted by atomic mass is 35.5. The van der Waals surface area contributed by atoms with Gasteiger partial charge in [-0.2, -0.15) is 0 Å². The van der Waals surface area contributed by atoms with Crippen LogP contribution in [0.5, 0.6) is 5.75 Å². The molecule has 158 valence electrons. The number of halogens is 2. The summed E-state index contributed by atoms with van der Waals surface area (Å²) in [7, 11) is -3.79. The molecule has 0 atom stereocenters. The summed E-state index contributed by atoms with van der Waals surface area (Å²) in [6.07, 6.45) is 0. The SMILES string of the molecule is Cc1onc(-c2c(F)cccc2Cl)c1C(=O)OCCOc1ccc(S(N)(=O)=O)cc1. The molecular formula is C19H16ClFN2O6S. The number of carbonyl (C=O) groups excluding carboxylic acids is 1. The monoisotopic (exact) mass is 454 g/mol. The summed E-state index contributed by atoms with van der Waals surface area (Å²) in [5.74, 6) is -0.931. The van der Waals surface area contributed by atoms with Crippen LogP contribution in [0.3, 0.4) is 0 Å². The van der Waals surface area contributed by atoms with Crippen molar-refractivity contribution in [3.63, 3.8) is 0 Å².